The van der Waals surface area contributed by atoms with Crippen LogP contribution < -0.4 is 0 Å². The molecule has 0 radical (unpaired) electrons. The summed E-state index contributed by atoms with van der Waals surface area (Å²) in [7, 11) is 0. The minimum Gasteiger partial charge on any atom is -0.494 e. The molecule has 1 fully saturated rings. The van der Waals surface area contributed by atoms with E-state index < -0.39 is 0 Å². The van der Waals surface area contributed by atoms with Gasteiger partial charge in [0.25, 0.3) is 0 Å². The lowest BCUT2D eigenvalue weighted by Crippen LogP contribution is -2.20. The lowest BCUT2D eigenvalue weighted by Gasteiger charge is -2.29. The van der Waals surface area contributed by atoms with E-state index in [1.54, 1.807) is 4.57 Å². The molecule has 0 saturated carbocycles. The molecular formula is C12H16BrNO2S. The van der Waals surface area contributed by atoms with Crippen LogP contribution in [0.2, 0.25) is 0 Å². The molecule has 1 saturated heterocycles. The fraction of sp³-hybridized carbons (Fsp3) is 0.667. The molecule has 2 unspecified atom stereocenters. The van der Waals surface area contributed by atoms with Gasteiger partial charge in [0.2, 0.25) is 0 Å². The predicted molar refractivity (Wildman–Crippen MR) is 73.6 cm³/mol. The van der Waals surface area contributed by atoms with Gasteiger partial charge in [-0.05, 0) is 12.8 Å². The first-order valence-electron chi connectivity index (χ1n) is 6.03. The van der Waals surface area contributed by atoms with E-state index in [1.165, 1.54) is 0 Å². The first kappa shape index (κ1) is 11.8. The molecule has 2 heterocycles. The van der Waals surface area contributed by atoms with E-state index in [-0.39, 0.29) is 0 Å². The van der Waals surface area contributed by atoms with Gasteiger partial charge in [0.15, 0.2) is 11.8 Å². The van der Waals surface area contributed by atoms with Gasteiger partial charge in [-0.15, -0.1) is 0 Å². The Morgan fingerprint density at radius 2 is 1.71 bits per heavy atom. The quantitative estimate of drug-likeness (QED) is 0.663. The summed E-state index contributed by atoms with van der Waals surface area (Å²) in [5.74, 6) is 3.79. The Kier molecular flexibility index (Phi) is 3.07. The van der Waals surface area contributed by atoms with E-state index in [0.717, 1.165) is 40.8 Å². The van der Waals surface area contributed by atoms with Gasteiger partial charge in [-0.25, -0.2) is 0 Å². The number of halogens is 1. The maximum atomic E-state index is 10.2. The molecule has 1 aliphatic heterocycles. The highest BCUT2D eigenvalue weighted by molar-refractivity contribution is 9.09. The van der Waals surface area contributed by atoms with E-state index in [0.29, 0.717) is 30.1 Å². The van der Waals surface area contributed by atoms with E-state index >= 15 is 0 Å². The van der Waals surface area contributed by atoms with Gasteiger partial charge < -0.3 is 10.2 Å². The van der Waals surface area contributed by atoms with Crippen molar-refractivity contribution in [1.29, 1.82) is 0 Å². The number of fused-ring (bicyclic) bond motifs is 4. The molecule has 1 aromatic rings. The van der Waals surface area contributed by atoms with Gasteiger partial charge in [-0.1, -0.05) is 15.9 Å². The van der Waals surface area contributed by atoms with Crippen molar-refractivity contribution in [2.24, 2.45) is 0 Å². The van der Waals surface area contributed by atoms with Gasteiger partial charge in [0.05, 0.1) is 0 Å². The molecular weight excluding hydrogens is 302 g/mol. The lowest BCUT2D eigenvalue weighted by molar-refractivity contribution is 0.363. The Hall–Kier alpha value is -0.290. The maximum absolute atomic E-state index is 10.2. The van der Waals surface area contributed by atoms with E-state index in [9.17, 15) is 10.2 Å². The van der Waals surface area contributed by atoms with Gasteiger partial charge in [0.1, 0.15) is 0 Å². The van der Waals surface area contributed by atoms with Crippen molar-refractivity contribution in [2.45, 2.75) is 31.2 Å². The van der Waals surface area contributed by atoms with Crippen molar-refractivity contribution in [1.82, 2.24) is 4.57 Å². The summed E-state index contributed by atoms with van der Waals surface area (Å²) in [5.41, 5.74) is 2.05. The number of aromatic hydroxyl groups is 2. The highest BCUT2D eigenvalue weighted by atomic mass is 79.9. The summed E-state index contributed by atoms with van der Waals surface area (Å²) >= 11 is 5.32. The van der Waals surface area contributed by atoms with Crippen molar-refractivity contribution in [3.63, 3.8) is 0 Å². The molecule has 5 heteroatoms. The average molecular weight is 318 g/mol. The normalized spacial score (nSPS) is 25.5. The summed E-state index contributed by atoms with van der Waals surface area (Å²) in [4.78, 5) is 0. The van der Waals surface area contributed by atoms with Crippen LogP contribution in [0.1, 0.15) is 35.8 Å². The number of alkyl halides is 1. The zero-order valence-corrected chi connectivity index (χ0v) is 11.9. The highest BCUT2D eigenvalue weighted by Gasteiger charge is 2.48. The van der Waals surface area contributed by atoms with Crippen molar-refractivity contribution in [3.05, 3.63) is 11.1 Å². The minimum atomic E-state index is 0.316. The van der Waals surface area contributed by atoms with Gasteiger partial charge >= 0.3 is 0 Å². The van der Waals surface area contributed by atoms with Crippen LogP contribution >= 0.6 is 27.7 Å². The van der Waals surface area contributed by atoms with Gasteiger partial charge in [-0.3, -0.25) is 4.57 Å². The lowest BCUT2D eigenvalue weighted by atomic mass is 9.72. The Bertz CT molecular complexity index is 413. The molecule has 0 bridgehead atoms. The van der Waals surface area contributed by atoms with Crippen molar-refractivity contribution in [2.75, 3.05) is 16.8 Å². The van der Waals surface area contributed by atoms with Crippen LogP contribution in [0, 0.1) is 0 Å². The first-order chi connectivity index (χ1) is 8.25. The number of thioether (sulfide) groups is 1. The summed E-state index contributed by atoms with van der Waals surface area (Å²) in [6.07, 6.45) is 2.04. The van der Waals surface area contributed by atoms with E-state index in [1.807, 2.05) is 11.8 Å². The van der Waals surface area contributed by atoms with Crippen LogP contribution in [0.15, 0.2) is 0 Å². The summed E-state index contributed by atoms with van der Waals surface area (Å²) in [6.45, 7) is 0.711. The fourth-order valence-corrected chi connectivity index (χ4v) is 4.80. The molecule has 3 rings (SSSR count). The molecule has 2 atom stereocenters. The second kappa shape index (κ2) is 4.43. The zero-order valence-electron chi connectivity index (χ0n) is 9.53. The van der Waals surface area contributed by atoms with Crippen LogP contribution in [0.25, 0.3) is 0 Å². The standard InChI is InChI=1S/C12H16BrNO2S/c13-3-1-2-4-14-11(15)9-7-5-17-6-8(7)10(9)12(14)16/h7-8,15-16H,1-6H2. The van der Waals surface area contributed by atoms with Crippen molar-refractivity contribution >= 4 is 27.7 Å². The largest absolute Gasteiger partial charge is 0.494 e. The maximum Gasteiger partial charge on any atom is 0.197 e. The van der Waals surface area contributed by atoms with Gasteiger partial charge in [0, 0.05) is 46.3 Å². The summed E-state index contributed by atoms with van der Waals surface area (Å²) in [5, 5.41) is 21.3. The molecule has 0 spiro atoms. The smallest absolute Gasteiger partial charge is 0.197 e. The molecule has 17 heavy (non-hydrogen) atoms. The molecule has 0 aromatic carbocycles. The summed E-state index contributed by atoms with van der Waals surface area (Å²) in [6, 6.07) is 0. The van der Waals surface area contributed by atoms with Crippen molar-refractivity contribution in [3.8, 4) is 11.8 Å². The monoisotopic (exact) mass is 317 g/mol. The number of hydrogen-bond donors (Lipinski definition) is 2. The Morgan fingerprint density at radius 3 is 2.24 bits per heavy atom. The van der Waals surface area contributed by atoms with Crippen LogP contribution in [-0.4, -0.2) is 31.6 Å². The molecule has 3 nitrogen and oxygen atoms in total. The first-order valence-corrected chi connectivity index (χ1v) is 8.31. The van der Waals surface area contributed by atoms with E-state index in [4.69, 9.17) is 0 Å². The molecule has 2 aliphatic rings. The second-order valence-electron chi connectivity index (χ2n) is 4.77. The molecule has 2 N–H and O–H groups in total. The topological polar surface area (TPSA) is 45.4 Å². The number of nitrogens with zero attached hydrogens (tertiary/aromatic N) is 1. The number of rotatable bonds is 4. The van der Waals surface area contributed by atoms with E-state index in [2.05, 4.69) is 15.9 Å². The van der Waals surface area contributed by atoms with Crippen LogP contribution in [0.4, 0.5) is 0 Å². The third-order valence-electron chi connectivity index (χ3n) is 3.87. The Labute approximate surface area is 113 Å². The second-order valence-corrected chi connectivity index (χ2v) is 6.64. The third-order valence-corrected chi connectivity index (χ3v) is 5.62. The number of unbranched alkanes of at least 4 members (excludes halogenated alkanes) is 1. The number of hydrogen-bond acceptors (Lipinski definition) is 3. The number of aromatic nitrogens is 1. The molecule has 0 amide bonds. The predicted octanol–water partition coefficient (Wildman–Crippen LogP) is 3.00. The van der Waals surface area contributed by atoms with Crippen LogP contribution in [0.3, 0.4) is 0 Å². The molecule has 1 aliphatic carbocycles. The van der Waals surface area contributed by atoms with Crippen LogP contribution in [-0.2, 0) is 6.54 Å². The van der Waals surface area contributed by atoms with Crippen molar-refractivity contribution < 1.29 is 10.2 Å². The fourth-order valence-electron chi connectivity index (χ4n) is 2.97. The Morgan fingerprint density at radius 1 is 1.12 bits per heavy atom. The highest BCUT2D eigenvalue weighted by Crippen LogP contribution is 2.61. The molecule has 94 valence electrons. The van der Waals surface area contributed by atoms with Crippen LogP contribution in [0.5, 0.6) is 11.8 Å². The molecule has 1 aromatic heterocycles. The third kappa shape index (κ3) is 1.62. The van der Waals surface area contributed by atoms with Gasteiger partial charge in [-0.2, -0.15) is 11.8 Å². The summed E-state index contributed by atoms with van der Waals surface area (Å²) < 4.78 is 1.69. The zero-order chi connectivity index (χ0) is 12.0. The Balaban J connectivity index is 1.87. The SMILES string of the molecule is Oc1c2c(c(O)n1CCCCBr)C1CSCC21. The average Bonchev–Trinajstić information content (AvgIpc) is 2.75. The minimum absolute atomic E-state index is 0.316.